The molecule has 0 bridgehead atoms. The number of Topliss-reactive ketones (excluding diaryl/α,β-unsaturated/α-hetero) is 3. The molecule has 3 saturated heterocycles. The van der Waals surface area contributed by atoms with Crippen molar-refractivity contribution in [1.82, 2.24) is 0 Å². The summed E-state index contributed by atoms with van der Waals surface area (Å²) in [6, 6.07) is 0. The molecule has 0 aromatic carbocycles. The molecule has 0 radical (unpaired) electrons. The van der Waals surface area contributed by atoms with E-state index >= 15 is 0 Å². The Labute approximate surface area is 727 Å². The largest absolute Gasteiger partial charge is 0.479 e. The van der Waals surface area contributed by atoms with Crippen molar-refractivity contribution in [3.05, 3.63) is 11.6 Å². The van der Waals surface area contributed by atoms with Gasteiger partial charge in [0.15, 0.2) is 54.5 Å². The van der Waals surface area contributed by atoms with E-state index in [9.17, 15) is 114 Å². The monoisotopic (exact) mass is 1770 g/mol. The first-order chi connectivity index (χ1) is 58.7. The SMILES string of the molecule is CC(=O)O[C@@H]1CC[C@]2(C)C3C(CC[C@@H]2C1)C1CC[C@H](C(=O)COC2O[C@H](C(=O)O)[C@@H](O)[C@H](O)[C@H]2O)[C@@]1(C)C[C@H]3OC(C)=O.CC(=O)O[C@H]1CC[C@@]2(C)C(=CC[C@H]3[C@@H]4CC[C@H](C(=O)COC5O[C@H](C(=O)O)[C@@H](O)[C@H](O)[C@H]5O)[C@@]4(C)CC[C@@H]32)C1.CC(=O)O[C@H]1CC[C@]2(C)C3C(CC[C@@H]2C1)C1CC[C@H](C(=O)COC2O[C@H](C(=O)O)[C@@H](O)[C@H](O)[C@H]2O)[C@@]1(C)C[C@H]3OC(C)=O. The molecule has 125 heavy (non-hydrogen) atoms. The third kappa shape index (κ3) is 18.5. The first-order valence-electron chi connectivity index (χ1n) is 45.5. The van der Waals surface area contributed by atoms with E-state index < -0.39 is 146 Å². The molecule has 9 unspecified atom stereocenters. The number of carbonyl (C=O) groups is 11. The topological polar surface area (TPSA) is 532 Å². The van der Waals surface area contributed by atoms with Crippen molar-refractivity contribution in [2.45, 2.75) is 353 Å². The summed E-state index contributed by atoms with van der Waals surface area (Å²) >= 11 is 0. The van der Waals surface area contributed by atoms with E-state index in [0.29, 0.717) is 55.3 Å². The van der Waals surface area contributed by atoms with Crippen molar-refractivity contribution in [2.24, 2.45) is 115 Å². The number of carbonyl (C=O) groups excluding carboxylic acids is 8. The molecule has 0 amide bonds. The van der Waals surface area contributed by atoms with Gasteiger partial charge in [0.1, 0.15) is 105 Å². The smallest absolute Gasteiger partial charge is 0.335 e. The summed E-state index contributed by atoms with van der Waals surface area (Å²) in [7, 11) is 0. The van der Waals surface area contributed by atoms with Gasteiger partial charge >= 0.3 is 47.8 Å². The molecule has 12 N–H and O–H groups in total. The number of ketones is 3. The Morgan fingerprint density at radius 1 is 0.352 bits per heavy atom. The van der Waals surface area contributed by atoms with Crippen molar-refractivity contribution in [3.8, 4) is 0 Å². The summed E-state index contributed by atoms with van der Waals surface area (Å²) in [5, 5.41) is 119. The van der Waals surface area contributed by atoms with Gasteiger partial charge in [-0.25, -0.2) is 14.4 Å². The molecule has 14 fully saturated rings. The minimum absolute atomic E-state index is 0.0393. The highest BCUT2D eigenvalue weighted by atomic mass is 16.7. The lowest BCUT2D eigenvalue weighted by atomic mass is 9.43. The molecule has 34 nitrogen and oxygen atoms in total. The van der Waals surface area contributed by atoms with E-state index in [2.05, 4.69) is 47.6 Å². The summed E-state index contributed by atoms with van der Waals surface area (Å²) in [4.78, 5) is 135. The van der Waals surface area contributed by atoms with Crippen LogP contribution in [0.25, 0.3) is 0 Å². The lowest BCUT2D eigenvalue weighted by Crippen LogP contribution is -2.61. The van der Waals surface area contributed by atoms with Gasteiger partial charge in [-0.05, 0) is 233 Å². The number of rotatable bonds is 20. The highest BCUT2D eigenvalue weighted by Gasteiger charge is 2.69. The maximum atomic E-state index is 13.7. The molecule has 15 aliphatic rings. The van der Waals surface area contributed by atoms with E-state index in [4.69, 9.17) is 52.1 Å². The Bertz CT molecular complexity index is 3870. The Hall–Kier alpha value is -6.09. The van der Waals surface area contributed by atoms with Crippen molar-refractivity contribution in [1.29, 1.82) is 0 Å². The second kappa shape index (κ2) is 37.6. The van der Waals surface area contributed by atoms with Crippen molar-refractivity contribution >= 4 is 65.1 Å². The Kier molecular flexibility index (Phi) is 29.1. The third-order valence-corrected chi connectivity index (χ3v) is 34.5. The van der Waals surface area contributed by atoms with E-state index in [1.807, 2.05) is 0 Å². The number of aliphatic hydroxyl groups is 9. The van der Waals surface area contributed by atoms with Crippen molar-refractivity contribution in [3.63, 3.8) is 0 Å². The van der Waals surface area contributed by atoms with Gasteiger partial charge in [-0.1, -0.05) is 53.2 Å². The second-order valence-electron chi connectivity index (χ2n) is 41.1. The standard InChI is InChI=1S/2C31H46O12.C29H42O10/c2*1-14(32)41-17-9-10-30(3)16(11-17)5-6-18-19-7-8-20(31(19,4)12-22(23(18)30)42-15(2)33)21(34)13-40-29-26(37)24(35)25(36)27(43-29)28(38)39;1-14(30)38-16-8-10-28(2)15(12-16)4-5-17-18-6-7-20(29(18,3)11-9-19(17)28)21(31)13-37-27-24(34)22(32)23(33)25(39-27)26(35)36/h2*16-20,22-27,29,35-37H,5-13H2,1-4H3,(H,38,39);4,16-20,22-25,27,32-34H,5-13H2,1-3H3,(H,35,36)/t16-,17+,18?,19?,20-,22-,23?,24+,25+,26-,27+,29?,30+,31+;16-,17-,18?,19?,20-,22-,23?,24+,25+,26-,27+,29?,30+,31+;16-,17-,18-,19-,20+,22-,23-,24+,25-,27?,28-,29-/m110/s1. The second-order valence-corrected chi connectivity index (χ2v) is 41.1. The predicted molar refractivity (Wildman–Crippen MR) is 430 cm³/mol. The number of carboxylic acids is 3. The molecule has 12 aliphatic carbocycles. The normalized spacial score (nSPS) is 47.4. The van der Waals surface area contributed by atoms with E-state index in [-0.39, 0.29) is 147 Å². The van der Waals surface area contributed by atoms with Crippen LogP contribution in [0.15, 0.2) is 11.6 Å². The number of hydrogen-bond donors (Lipinski definition) is 12. The molecule has 3 heterocycles. The zero-order valence-corrected chi connectivity index (χ0v) is 73.6. The number of carboxylic acid groups (broad SMARTS) is 3. The van der Waals surface area contributed by atoms with Gasteiger partial charge in [-0.3, -0.25) is 38.4 Å². The van der Waals surface area contributed by atoms with Crippen LogP contribution in [-0.2, 0) is 105 Å². The fourth-order valence-corrected chi connectivity index (χ4v) is 28.9. The van der Waals surface area contributed by atoms with Crippen LogP contribution in [0, 0.1) is 115 Å². The molecular weight excluding hydrogens is 1640 g/mol. The van der Waals surface area contributed by atoms with Crippen LogP contribution < -0.4 is 0 Å². The quantitative estimate of drug-likeness (QED) is 0.0425. The zero-order valence-electron chi connectivity index (χ0n) is 73.6. The van der Waals surface area contributed by atoms with Crippen molar-refractivity contribution in [2.75, 3.05) is 19.8 Å². The van der Waals surface area contributed by atoms with Crippen LogP contribution in [-0.4, -0.2) is 269 Å². The Morgan fingerprint density at radius 2 is 0.680 bits per heavy atom. The average Bonchev–Trinajstić information content (AvgIpc) is 1.69. The van der Waals surface area contributed by atoms with Gasteiger partial charge in [0, 0.05) is 70.6 Å². The molecule has 0 aromatic rings. The molecule has 0 aromatic heterocycles. The summed E-state index contributed by atoms with van der Waals surface area (Å²) in [6.45, 7) is 19.3. The van der Waals surface area contributed by atoms with Crippen LogP contribution >= 0.6 is 0 Å². The summed E-state index contributed by atoms with van der Waals surface area (Å²) in [6.07, 6.45) is -4.73. The minimum Gasteiger partial charge on any atom is -0.479 e. The predicted octanol–water partition coefficient (Wildman–Crippen LogP) is 5.17. The summed E-state index contributed by atoms with van der Waals surface area (Å²) < 4.78 is 61.0. The van der Waals surface area contributed by atoms with E-state index in [1.54, 1.807) is 0 Å². The molecule has 702 valence electrons. The third-order valence-electron chi connectivity index (χ3n) is 34.5. The Morgan fingerprint density at radius 3 is 1.03 bits per heavy atom. The molecular formula is C91H134O34. The van der Waals surface area contributed by atoms with Crippen LogP contribution in [0.3, 0.4) is 0 Å². The first-order valence-corrected chi connectivity index (χ1v) is 45.5. The summed E-state index contributed by atoms with van der Waals surface area (Å²) in [5.41, 5.74) is 0.216. The fraction of sp³-hybridized carbons (Fsp3) is 0.857. The molecule has 34 heteroatoms. The van der Waals surface area contributed by atoms with Gasteiger partial charge in [-0.2, -0.15) is 0 Å². The molecule has 40 atom stereocenters. The number of fused-ring (bicyclic) bond motifs is 15. The van der Waals surface area contributed by atoms with E-state index in [0.717, 1.165) is 128 Å². The summed E-state index contributed by atoms with van der Waals surface area (Å²) in [5.74, 6) is -4.29. The molecule has 3 aliphatic heterocycles. The lowest BCUT2D eigenvalue weighted by molar-refractivity contribution is -0.292. The molecule has 11 saturated carbocycles. The van der Waals surface area contributed by atoms with Gasteiger partial charge in [0.05, 0.1) is 0 Å². The molecule has 0 spiro atoms. The van der Waals surface area contributed by atoms with Crippen LogP contribution in [0.5, 0.6) is 0 Å². The molecule has 15 rings (SSSR count). The van der Waals surface area contributed by atoms with E-state index in [1.165, 1.54) is 40.2 Å². The first kappa shape index (κ1) is 96.5. The number of aliphatic hydroxyl groups excluding tert-OH is 9. The van der Waals surface area contributed by atoms with Gasteiger partial charge < -0.3 is 113 Å². The Balaban J connectivity index is 0.000000161. The van der Waals surface area contributed by atoms with Crippen molar-refractivity contribution < 1.29 is 166 Å². The number of allylic oxidation sites excluding steroid dienone is 1. The highest BCUT2D eigenvalue weighted by Crippen LogP contribution is 2.72. The zero-order chi connectivity index (χ0) is 91.1. The lowest BCUT2D eigenvalue weighted by Gasteiger charge is -2.62. The maximum Gasteiger partial charge on any atom is 0.335 e. The number of hydrogen-bond acceptors (Lipinski definition) is 31. The van der Waals surface area contributed by atoms with Crippen LogP contribution in [0.2, 0.25) is 0 Å². The van der Waals surface area contributed by atoms with Gasteiger partial charge in [-0.15, -0.1) is 0 Å². The fourth-order valence-electron chi connectivity index (χ4n) is 28.9. The number of aliphatic carboxylic acids is 3. The van der Waals surface area contributed by atoms with Gasteiger partial charge in [0.25, 0.3) is 0 Å². The highest BCUT2D eigenvalue weighted by molar-refractivity contribution is 5.85. The van der Waals surface area contributed by atoms with Crippen LogP contribution in [0.1, 0.15) is 230 Å². The maximum absolute atomic E-state index is 13.7. The van der Waals surface area contributed by atoms with Crippen LogP contribution in [0.4, 0.5) is 0 Å². The minimum atomic E-state index is -1.85. The van der Waals surface area contributed by atoms with Gasteiger partial charge in [0.2, 0.25) is 0 Å². The number of ether oxygens (including phenoxy) is 11. The number of esters is 5. The average molecular weight is 1770 g/mol.